The minimum atomic E-state index is 0.129. The van der Waals surface area contributed by atoms with Gasteiger partial charge in [-0.2, -0.15) is 5.10 Å². The van der Waals surface area contributed by atoms with E-state index in [0.29, 0.717) is 18.3 Å². The van der Waals surface area contributed by atoms with Crippen LogP contribution >= 0.6 is 0 Å². The normalized spacial score (nSPS) is 25.6. The smallest absolute Gasteiger partial charge is 0.223 e. The van der Waals surface area contributed by atoms with Gasteiger partial charge in [0.15, 0.2) is 0 Å². The van der Waals surface area contributed by atoms with Crippen molar-refractivity contribution in [2.75, 3.05) is 0 Å². The van der Waals surface area contributed by atoms with E-state index in [4.69, 9.17) is 0 Å². The van der Waals surface area contributed by atoms with E-state index in [9.17, 15) is 4.79 Å². The fraction of sp³-hybridized carbons (Fsp3) is 0.625. The van der Waals surface area contributed by atoms with Crippen LogP contribution in [0.4, 0.5) is 0 Å². The number of nitrogens with one attached hydrogen (secondary N) is 2. The Bertz CT molecular complexity index is 295. The quantitative estimate of drug-likeness (QED) is 0.691. The first kappa shape index (κ1) is 8.22. The maximum atomic E-state index is 11.3. The Morgan fingerprint density at radius 1 is 1.85 bits per heavy atom. The number of amides is 1. The van der Waals surface area contributed by atoms with Crippen molar-refractivity contribution < 1.29 is 4.79 Å². The molecule has 1 heterocycles. The summed E-state index contributed by atoms with van der Waals surface area (Å²) in [4.78, 5) is 15.2. The lowest BCUT2D eigenvalue weighted by molar-refractivity contribution is -0.122. The van der Waals surface area contributed by atoms with Crippen LogP contribution in [-0.2, 0) is 11.3 Å². The summed E-state index contributed by atoms with van der Waals surface area (Å²) in [7, 11) is 0. The molecule has 13 heavy (non-hydrogen) atoms. The van der Waals surface area contributed by atoms with E-state index >= 15 is 0 Å². The molecule has 0 saturated heterocycles. The van der Waals surface area contributed by atoms with E-state index in [1.165, 1.54) is 6.33 Å². The summed E-state index contributed by atoms with van der Waals surface area (Å²) in [6.07, 6.45) is 2.45. The third-order valence-corrected chi connectivity index (χ3v) is 2.34. The fourth-order valence-electron chi connectivity index (χ4n) is 1.31. The molecule has 0 unspecified atom stereocenters. The third-order valence-electron chi connectivity index (χ3n) is 2.34. The molecule has 1 aromatic heterocycles. The van der Waals surface area contributed by atoms with Crippen molar-refractivity contribution >= 4 is 5.91 Å². The molecule has 1 saturated carbocycles. The number of H-pyrrole nitrogens is 1. The lowest BCUT2D eigenvalue weighted by atomic mass is 10.3. The van der Waals surface area contributed by atoms with E-state index in [1.54, 1.807) is 0 Å². The van der Waals surface area contributed by atoms with Crippen LogP contribution in [0.25, 0.3) is 0 Å². The molecule has 0 bridgehead atoms. The lowest BCUT2D eigenvalue weighted by Crippen LogP contribution is -2.25. The van der Waals surface area contributed by atoms with Crippen LogP contribution in [0, 0.1) is 11.8 Å². The highest BCUT2D eigenvalue weighted by atomic mass is 16.2. The van der Waals surface area contributed by atoms with Crippen LogP contribution in [0.2, 0.25) is 0 Å². The molecule has 1 fully saturated rings. The number of carbonyl (C=O) groups excluding carboxylic acids is 1. The number of hydrogen-bond donors (Lipinski definition) is 2. The van der Waals surface area contributed by atoms with Gasteiger partial charge >= 0.3 is 0 Å². The first-order valence-corrected chi connectivity index (χ1v) is 4.39. The van der Waals surface area contributed by atoms with Gasteiger partial charge in [-0.3, -0.25) is 9.89 Å². The van der Waals surface area contributed by atoms with Gasteiger partial charge in [-0.15, -0.1) is 0 Å². The monoisotopic (exact) mass is 180 g/mol. The molecule has 0 radical (unpaired) electrons. The van der Waals surface area contributed by atoms with Gasteiger partial charge in [0.25, 0.3) is 0 Å². The van der Waals surface area contributed by atoms with E-state index in [0.717, 1.165) is 6.42 Å². The molecule has 0 aromatic carbocycles. The molecule has 5 heteroatoms. The SMILES string of the molecule is C[C@H]1C[C@@H]1C(=O)NCc1ncn[nH]1. The molecule has 2 atom stereocenters. The predicted octanol–water partition coefficient (Wildman–Crippen LogP) is 0.0769. The van der Waals surface area contributed by atoms with Gasteiger partial charge in [0.05, 0.1) is 6.54 Å². The van der Waals surface area contributed by atoms with Crippen molar-refractivity contribution in [1.82, 2.24) is 20.5 Å². The molecule has 1 aliphatic carbocycles. The zero-order valence-corrected chi connectivity index (χ0v) is 7.45. The highest BCUT2D eigenvalue weighted by molar-refractivity contribution is 5.81. The fourth-order valence-corrected chi connectivity index (χ4v) is 1.31. The summed E-state index contributed by atoms with van der Waals surface area (Å²) < 4.78 is 0. The Kier molecular flexibility index (Phi) is 2.00. The molecular formula is C8H12N4O. The highest BCUT2D eigenvalue weighted by Crippen LogP contribution is 2.37. The maximum absolute atomic E-state index is 11.3. The van der Waals surface area contributed by atoms with Gasteiger partial charge in [-0.1, -0.05) is 6.92 Å². The second-order valence-corrected chi connectivity index (χ2v) is 3.47. The molecule has 1 amide bonds. The summed E-state index contributed by atoms with van der Waals surface area (Å²) >= 11 is 0. The number of hydrogen-bond acceptors (Lipinski definition) is 3. The van der Waals surface area contributed by atoms with Crippen molar-refractivity contribution in [3.63, 3.8) is 0 Å². The van der Waals surface area contributed by atoms with E-state index in [1.807, 2.05) is 0 Å². The van der Waals surface area contributed by atoms with Gasteiger partial charge in [-0.05, 0) is 12.3 Å². The van der Waals surface area contributed by atoms with Crippen LogP contribution in [-0.4, -0.2) is 21.1 Å². The molecule has 2 N–H and O–H groups in total. The number of aromatic amines is 1. The summed E-state index contributed by atoms with van der Waals surface area (Å²) in [5, 5.41) is 9.18. The third kappa shape index (κ3) is 1.85. The van der Waals surface area contributed by atoms with Crippen molar-refractivity contribution in [2.24, 2.45) is 11.8 Å². The average molecular weight is 180 g/mol. The summed E-state index contributed by atoms with van der Waals surface area (Å²) in [5.74, 6) is 1.60. The molecule has 70 valence electrons. The summed E-state index contributed by atoms with van der Waals surface area (Å²) in [6, 6.07) is 0. The molecule has 0 aliphatic heterocycles. The van der Waals surface area contributed by atoms with Crippen LogP contribution in [0.1, 0.15) is 19.2 Å². The van der Waals surface area contributed by atoms with Crippen LogP contribution in [0.15, 0.2) is 6.33 Å². The number of rotatable bonds is 3. The predicted molar refractivity (Wildman–Crippen MR) is 45.5 cm³/mol. The van der Waals surface area contributed by atoms with Crippen LogP contribution in [0.5, 0.6) is 0 Å². The van der Waals surface area contributed by atoms with E-state index < -0.39 is 0 Å². The minimum Gasteiger partial charge on any atom is -0.349 e. The van der Waals surface area contributed by atoms with E-state index in [-0.39, 0.29) is 11.8 Å². The average Bonchev–Trinajstić information content (AvgIpc) is 2.68. The Hall–Kier alpha value is -1.39. The Morgan fingerprint density at radius 2 is 2.62 bits per heavy atom. The summed E-state index contributed by atoms with van der Waals surface area (Å²) in [6.45, 7) is 2.53. The zero-order chi connectivity index (χ0) is 9.26. The molecule has 1 aliphatic rings. The molecular weight excluding hydrogens is 168 g/mol. The first-order chi connectivity index (χ1) is 6.27. The zero-order valence-electron chi connectivity index (χ0n) is 7.45. The van der Waals surface area contributed by atoms with Crippen molar-refractivity contribution in [2.45, 2.75) is 19.9 Å². The highest BCUT2D eigenvalue weighted by Gasteiger charge is 2.38. The van der Waals surface area contributed by atoms with Crippen molar-refractivity contribution in [1.29, 1.82) is 0 Å². The molecule has 1 aromatic rings. The Labute approximate surface area is 75.9 Å². The van der Waals surface area contributed by atoms with E-state index in [2.05, 4.69) is 27.4 Å². The van der Waals surface area contributed by atoms with Crippen molar-refractivity contribution in [3.05, 3.63) is 12.2 Å². The molecule has 0 spiro atoms. The van der Waals surface area contributed by atoms with Crippen LogP contribution < -0.4 is 5.32 Å². The first-order valence-electron chi connectivity index (χ1n) is 4.39. The number of aromatic nitrogens is 3. The van der Waals surface area contributed by atoms with Gasteiger partial charge in [0.1, 0.15) is 12.2 Å². The van der Waals surface area contributed by atoms with Gasteiger partial charge in [0, 0.05) is 5.92 Å². The molecule has 5 nitrogen and oxygen atoms in total. The van der Waals surface area contributed by atoms with Gasteiger partial charge < -0.3 is 5.32 Å². The number of nitrogens with zero attached hydrogens (tertiary/aromatic N) is 2. The van der Waals surface area contributed by atoms with Gasteiger partial charge in [0.2, 0.25) is 5.91 Å². The van der Waals surface area contributed by atoms with Crippen LogP contribution in [0.3, 0.4) is 0 Å². The summed E-state index contributed by atoms with van der Waals surface area (Å²) in [5.41, 5.74) is 0. The second kappa shape index (κ2) is 3.16. The Morgan fingerprint density at radius 3 is 3.15 bits per heavy atom. The lowest BCUT2D eigenvalue weighted by Gasteiger charge is -2.00. The topological polar surface area (TPSA) is 70.7 Å². The second-order valence-electron chi connectivity index (χ2n) is 3.47. The minimum absolute atomic E-state index is 0.129. The Balaban J connectivity index is 1.77. The largest absolute Gasteiger partial charge is 0.349 e. The standard InChI is InChI=1S/C8H12N4O/c1-5-2-6(5)8(13)9-3-7-10-4-11-12-7/h4-6H,2-3H2,1H3,(H,9,13)(H,10,11,12)/t5-,6-/m0/s1. The number of carbonyl (C=O) groups is 1. The van der Waals surface area contributed by atoms with Gasteiger partial charge in [-0.25, -0.2) is 4.98 Å². The van der Waals surface area contributed by atoms with Crippen molar-refractivity contribution in [3.8, 4) is 0 Å². The maximum Gasteiger partial charge on any atom is 0.223 e. The molecule has 2 rings (SSSR count).